The van der Waals surface area contributed by atoms with Crippen molar-refractivity contribution >= 4 is 11.9 Å². The number of rotatable bonds is 5. The lowest BCUT2D eigenvalue weighted by molar-refractivity contribution is 0.766. The monoisotopic (exact) mass is 287 g/mol. The van der Waals surface area contributed by atoms with Crippen LogP contribution >= 0.6 is 0 Å². The number of aryl methyl sites for hydroxylation is 1. The van der Waals surface area contributed by atoms with Crippen LogP contribution in [0.2, 0.25) is 0 Å². The summed E-state index contributed by atoms with van der Waals surface area (Å²) in [5, 5.41) is 7.46. The molecule has 112 valence electrons. The molecule has 0 bridgehead atoms. The van der Waals surface area contributed by atoms with Gasteiger partial charge in [0.15, 0.2) is 5.82 Å². The molecule has 0 amide bonds. The van der Waals surface area contributed by atoms with E-state index < -0.39 is 0 Å². The van der Waals surface area contributed by atoms with E-state index in [1.807, 2.05) is 13.1 Å². The third-order valence-corrected chi connectivity index (χ3v) is 3.60. The van der Waals surface area contributed by atoms with Crippen molar-refractivity contribution in [3.05, 3.63) is 12.3 Å². The highest BCUT2D eigenvalue weighted by Crippen LogP contribution is 2.21. The molecule has 1 aliphatic rings. The van der Waals surface area contributed by atoms with Gasteiger partial charge in [-0.1, -0.05) is 6.92 Å². The molecule has 3 rings (SSSR count). The van der Waals surface area contributed by atoms with Crippen molar-refractivity contribution in [1.29, 1.82) is 0 Å². The Labute approximate surface area is 124 Å². The van der Waals surface area contributed by atoms with E-state index in [1.54, 1.807) is 10.9 Å². The first-order valence-corrected chi connectivity index (χ1v) is 7.51. The van der Waals surface area contributed by atoms with Crippen molar-refractivity contribution in [2.45, 2.75) is 26.2 Å². The van der Waals surface area contributed by atoms with Crippen LogP contribution in [0.15, 0.2) is 12.3 Å². The molecule has 0 radical (unpaired) electrons. The van der Waals surface area contributed by atoms with Gasteiger partial charge in [0.25, 0.3) is 0 Å². The Kier molecular flexibility index (Phi) is 3.98. The zero-order valence-electron chi connectivity index (χ0n) is 12.6. The molecule has 3 heterocycles. The highest BCUT2D eigenvalue weighted by molar-refractivity contribution is 5.54. The normalized spacial score (nSPS) is 14.7. The van der Waals surface area contributed by atoms with Crippen LogP contribution in [-0.4, -0.2) is 44.4 Å². The number of nitrogens with one attached hydrogen (secondary N) is 1. The first kappa shape index (κ1) is 13.8. The number of aromatic nitrogens is 5. The van der Waals surface area contributed by atoms with Crippen LogP contribution in [0.4, 0.5) is 11.9 Å². The van der Waals surface area contributed by atoms with Crippen molar-refractivity contribution in [1.82, 2.24) is 24.7 Å². The molecule has 1 saturated heterocycles. The minimum atomic E-state index is 0.643. The van der Waals surface area contributed by atoms with Gasteiger partial charge in [-0.25, -0.2) is 0 Å². The van der Waals surface area contributed by atoms with Crippen molar-refractivity contribution in [2.24, 2.45) is 7.05 Å². The summed E-state index contributed by atoms with van der Waals surface area (Å²) in [5.74, 6) is 2.08. The molecule has 2 aromatic rings. The average molecular weight is 287 g/mol. The summed E-state index contributed by atoms with van der Waals surface area (Å²) in [7, 11) is 1.90. The smallest absolute Gasteiger partial charge is 0.230 e. The van der Waals surface area contributed by atoms with Crippen LogP contribution in [0.1, 0.15) is 26.2 Å². The fourth-order valence-electron chi connectivity index (χ4n) is 2.45. The fraction of sp³-hybridized carbons (Fsp3) is 0.571. The van der Waals surface area contributed by atoms with Crippen LogP contribution in [-0.2, 0) is 7.05 Å². The molecule has 0 spiro atoms. The summed E-state index contributed by atoms with van der Waals surface area (Å²) in [6.45, 7) is 5.01. The second-order valence-electron chi connectivity index (χ2n) is 5.24. The van der Waals surface area contributed by atoms with Crippen LogP contribution in [0.3, 0.4) is 0 Å². The molecule has 1 N–H and O–H groups in total. The lowest BCUT2D eigenvalue weighted by Crippen LogP contribution is -2.22. The van der Waals surface area contributed by atoms with E-state index in [9.17, 15) is 0 Å². The fourth-order valence-corrected chi connectivity index (χ4v) is 2.45. The van der Waals surface area contributed by atoms with E-state index in [0.717, 1.165) is 37.7 Å². The van der Waals surface area contributed by atoms with Gasteiger partial charge in [-0.2, -0.15) is 20.1 Å². The van der Waals surface area contributed by atoms with Gasteiger partial charge in [-0.05, 0) is 25.3 Å². The third-order valence-electron chi connectivity index (χ3n) is 3.60. The third kappa shape index (κ3) is 2.96. The molecule has 7 nitrogen and oxygen atoms in total. The summed E-state index contributed by atoms with van der Waals surface area (Å²) in [5.41, 5.74) is 0.900. The quantitative estimate of drug-likeness (QED) is 0.902. The van der Waals surface area contributed by atoms with Crippen molar-refractivity contribution in [3.63, 3.8) is 0 Å². The predicted octanol–water partition coefficient (Wildman–Crippen LogP) is 1.69. The Balaban J connectivity index is 1.98. The highest BCUT2D eigenvalue weighted by Gasteiger charge is 2.18. The maximum Gasteiger partial charge on any atom is 0.230 e. The van der Waals surface area contributed by atoms with E-state index in [-0.39, 0.29) is 0 Å². The SMILES string of the molecule is CCCNc1nc(-c2ccnn2C)nc(N2CCCC2)n1. The standard InChI is InChI=1S/C14H21N7/c1-3-7-15-13-17-12(11-6-8-16-20(11)2)18-14(19-13)21-9-4-5-10-21/h6,8H,3-5,7,9-10H2,1-2H3,(H,15,17,18,19). The Morgan fingerprint density at radius 3 is 2.67 bits per heavy atom. The van der Waals surface area contributed by atoms with Crippen molar-refractivity contribution in [2.75, 3.05) is 29.9 Å². The van der Waals surface area contributed by atoms with Crippen LogP contribution < -0.4 is 10.2 Å². The highest BCUT2D eigenvalue weighted by atomic mass is 15.3. The Morgan fingerprint density at radius 2 is 2.00 bits per heavy atom. The summed E-state index contributed by atoms with van der Waals surface area (Å²) >= 11 is 0. The predicted molar refractivity (Wildman–Crippen MR) is 82.3 cm³/mol. The zero-order chi connectivity index (χ0) is 14.7. The molecule has 0 aliphatic carbocycles. The summed E-state index contributed by atoms with van der Waals surface area (Å²) in [6.07, 6.45) is 5.19. The van der Waals surface area contributed by atoms with Gasteiger partial charge in [0.05, 0.1) is 0 Å². The van der Waals surface area contributed by atoms with E-state index in [0.29, 0.717) is 11.8 Å². The Morgan fingerprint density at radius 1 is 1.19 bits per heavy atom. The molecule has 0 saturated carbocycles. The van der Waals surface area contributed by atoms with E-state index in [4.69, 9.17) is 0 Å². The minimum Gasteiger partial charge on any atom is -0.354 e. The first-order chi connectivity index (χ1) is 10.3. The second kappa shape index (κ2) is 6.07. The molecule has 2 aromatic heterocycles. The Hall–Kier alpha value is -2.18. The lowest BCUT2D eigenvalue weighted by atomic mass is 10.4. The van der Waals surface area contributed by atoms with Gasteiger partial charge in [-0.15, -0.1) is 0 Å². The number of nitrogens with zero attached hydrogens (tertiary/aromatic N) is 6. The molecule has 7 heteroatoms. The van der Waals surface area contributed by atoms with Crippen LogP contribution in [0.25, 0.3) is 11.5 Å². The maximum atomic E-state index is 4.63. The average Bonchev–Trinajstić information content (AvgIpc) is 3.16. The Bertz CT molecular complexity index is 601. The topological polar surface area (TPSA) is 71.8 Å². The van der Waals surface area contributed by atoms with Gasteiger partial charge in [-0.3, -0.25) is 4.68 Å². The minimum absolute atomic E-state index is 0.643. The number of hydrogen-bond acceptors (Lipinski definition) is 6. The number of hydrogen-bond donors (Lipinski definition) is 1. The van der Waals surface area contributed by atoms with Crippen molar-refractivity contribution < 1.29 is 0 Å². The zero-order valence-corrected chi connectivity index (χ0v) is 12.6. The molecule has 21 heavy (non-hydrogen) atoms. The molecule has 0 unspecified atom stereocenters. The summed E-state index contributed by atoms with van der Waals surface area (Å²) in [4.78, 5) is 15.9. The lowest BCUT2D eigenvalue weighted by Gasteiger charge is -2.16. The van der Waals surface area contributed by atoms with Gasteiger partial charge in [0.2, 0.25) is 11.9 Å². The van der Waals surface area contributed by atoms with Gasteiger partial charge in [0, 0.05) is 32.9 Å². The second-order valence-corrected chi connectivity index (χ2v) is 5.24. The van der Waals surface area contributed by atoms with Crippen LogP contribution in [0.5, 0.6) is 0 Å². The van der Waals surface area contributed by atoms with Gasteiger partial charge in [0.1, 0.15) is 5.69 Å². The molecular formula is C14H21N7. The molecule has 0 atom stereocenters. The summed E-state index contributed by atoms with van der Waals surface area (Å²) < 4.78 is 1.78. The van der Waals surface area contributed by atoms with Crippen molar-refractivity contribution in [3.8, 4) is 11.5 Å². The largest absolute Gasteiger partial charge is 0.354 e. The van der Waals surface area contributed by atoms with Gasteiger partial charge >= 0.3 is 0 Å². The molecular weight excluding hydrogens is 266 g/mol. The summed E-state index contributed by atoms with van der Waals surface area (Å²) in [6, 6.07) is 1.92. The molecule has 1 aliphatic heterocycles. The number of anilines is 2. The first-order valence-electron chi connectivity index (χ1n) is 7.51. The van der Waals surface area contributed by atoms with E-state index in [1.165, 1.54) is 12.8 Å². The van der Waals surface area contributed by atoms with Gasteiger partial charge < -0.3 is 10.2 Å². The molecule has 1 fully saturated rings. The molecule has 0 aromatic carbocycles. The van der Waals surface area contributed by atoms with E-state index in [2.05, 4.69) is 37.2 Å². The maximum absolute atomic E-state index is 4.63. The van der Waals surface area contributed by atoms with Crippen LogP contribution in [0, 0.1) is 0 Å². The van der Waals surface area contributed by atoms with E-state index >= 15 is 0 Å².